The van der Waals surface area contributed by atoms with Crippen molar-refractivity contribution in [1.82, 2.24) is 4.90 Å². The molecule has 3 aromatic rings. The maximum atomic E-state index is 13.8. The topological polar surface area (TPSA) is 91.4 Å². The molecule has 49 heavy (non-hydrogen) atoms. The quantitative estimate of drug-likeness (QED) is 0.0890. The number of ether oxygens (including phenoxy) is 4. The zero-order valence-electron chi connectivity index (χ0n) is 29.0. The van der Waals surface area contributed by atoms with Crippen LogP contribution in [-0.4, -0.2) is 61.1 Å². The van der Waals surface area contributed by atoms with Crippen molar-refractivity contribution in [3.63, 3.8) is 0 Å². The molecule has 0 aromatic heterocycles. The molecular weight excluding hydrogens is 618 g/mol. The first kappa shape index (κ1) is 36.4. The summed E-state index contributed by atoms with van der Waals surface area (Å²) in [6.45, 7) is 3.63. The Morgan fingerprint density at radius 1 is 0.755 bits per heavy atom. The van der Waals surface area contributed by atoms with Crippen LogP contribution >= 0.6 is 0 Å². The lowest BCUT2D eigenvalue weighted by molar-refractivity contribution is -0.159. The van der Waals surface area contributed by atoms with Crippen LogP contribution in [-0.2, 0) is 32.2 Å². The number of fused-ring (bicyclic) bond motifs is 1. The average molecular weight is 670 g/mol. The Morgan fingerprint density at radius 2 is 1.35 bits per heavy atom. The molecule has 1 fully saturated rings. The molecule has 0 aliphatic carbocycles. The first-order chi connectivity index (χ1) is 24.0. The number of unbranched alkanes of at least 4 members (excludes halogenated alkanes) is 7. The molecule has 2 amide bonds. The van der Waals surface area contributed by atoms with Gasteiger partial charge in [-0.25, -0.2) is 0 Å². The predicted octanol–water partition coefficient (Wildman–Crippen LogP) is 7.97. The fraction of sp³-hybridized carbons (Fsp3) is 0.488. The Labute approximate surface area is 291 Å². The number of rotatable bonds is 20. The Hall–Kier alpha value is -3.85. The van der Waals surface area contributed by atoms with Gasteiger partial charge in [0.15, 0.2) is 0 Å². The predicted molar refractivity (Wildman–Crippen MR) is 188 cm³/mol. The van der Waals surface area contributed by atoms with Crippen LogP contribution in [0.3, 0.4) is 0 Å². The number of amides is 2. The lowest BCUT2D eigenvalue weighted by atomic mass is 9.84. The largest absolute Gasteiger partial charge is 0.497 e. The molecule has 262 valence electrons. The van der Waals surface area contributed by atoms with E-state index in [1.807, 2.05) is 54.6 Å². The normalized spacial score (nSPS) is 20.4. The molecule has 3 aromatic carbocycles. The summed E-state index contributed by atoms with van der Waals surface area (Å²) in [6, 6.07) is 24.2. The second-order valence-electron chi connectivity index (χ2n) is 13.3. The molecular formula is C41H51NO7. The van der Waals surface area contributed by atoms with E-state index in [-0.39, 0.29) is 36.0 Å². The summed E-state index contributed by atoms with van der Waals surface area (Å²) >= 11 is 0. The minimum Gasteiger partial charge on any atom is -0.497 e. The molecule has 0 unspecified atom stereocenters. The van der Waals surface area contributed by atoms with Gasteiger partial charge in [0.2, 0.25) is 0 Å². The number of methoxy groups -OCH3 is 1. The average Bonchev–Trinajstić information content (AvgIpc) is 3.37. The van der Waals surface area contributed by atoms with Gasteiger partial charge in [-0.05, 0) is 55.2 Å². The minimum atomic E-state index is -0.624. The van der Waals surface area contributed by atoms with Crippen LogP contribution in [0.2, 0.25) is 0 Å². The summed E-state index contributed by atoms with van der Waals surface area (Å²) in [5.41, 5.74) is 2.96. The van der Waals surface area contributed by atoms with Crippen LogP contribution in [0.25, 0.3) is 0 Å². The summed E-state index contributed by atoms with van der Waals surface area (Å²) in [5.74, 6) is -0.0138. The minimum absolute atomic E-state index is 0.0301. The molecule has 0 saturated carbocycles. The van der Waals surface area contributed by atoms with Crippen LogP contribution in [0.1, 0.15) is 103 Å². The Morgan fingerprint density at radius 3 is 1.98 bits per heavy atom. The van der Waals surface area contributed by atoms with Crippen LogP contribution in [0.5, 0.6) is 5.75 Å². The zero-order valence-corrected chi connectivity index (χ0v) is 29.0. The number of benzene rings is 3. The number of hydrogen-bond donors (Lipinski definition) is 0. The molecule has 0 radical (unpaired) electrons. The summed E-state index contributed by atoms with van der Waals surface area (Å²) in [5, 5.41) is 0. The molecule has 8 heteroatoms. The molecule has 2 aliphatic heterocycles. The van der Waals surface area contributed by atoms with E-state index in [9.17, 15) is 14.4 Å². The van der Waals surface area contributed by atoms with Crippen LogP contribution in [0.4, 0.5) is 0 Å². The standard InChI is InChI=1S/C41H51NO7/c1-30(43)26-33-29-48-37(20-12-7-5-3-4-6-8-15-25-47-27-32-21-23-34(46-2)24-22-32)38(39(33)49-28-31-16-10-9-11-17-31)42-40(44)35-18-13-14-19-36(35)41(42)45/h9-11,13-14,16-19,21-24,33,37-39H,3-8,12,15,20,25-29H2,1-2H3/t33-,37+,38+,39+/m1/s1. The van der Waals surface area contributed by atoms with Gasteiger partial charge in [-0.1, -0.05) is 99.5 Å². The van der Waals surface area contributed by atoms with Crippen molar-refractivity contribution >= 4 is 17.6 Å². The summed E-state index contributed by atoms with van der Waals surface area (Å²) < 4.78 is 24.0. The number of ketones is 1. The van der Waals surface area contributed by atoms with Gasteiger partial charge in [0.25, 0.3) is 11.8 Å². The van der Waals surface area contributed by atoms with Crippen molar-refractivity contribution in [2.45, 2.75) is 103 Å². The first-order valence-electron chi connectivity index (χ1n) is 17.9. The van der Waals surface area contributed by atoms with Crippen molar-refractivity contribution in [2.24, 2.45) is 5.92 Å². The van der Waals surface area contributed by atoms with Gasteiger partial charge in [0.05, 0.1) is 56.3 Å². The Kier molecular flexibility index (Phi) is 14.0. The number of hydrogen-bond acceptors (Lipinski definition) is 7. The zero-order chi connectivity index (χ0) is 34.4. The van der Waals surface area contributed by atoms with Gasteiger partial charge >= 0.3 is 0 Å². The monoisotopic (exact) mass is 669 g/mol. The summed E-state index contributed by atoms with van der Waals surface area (Å²) in [7, 11) is 1.67. The van der Waals surface area contributed by atoms with Crippen molar-refractivity contribution in [3.05, 3.63) is 101 Å². The molecule has 0 spiro atoms. The second kappa shape index (κ2) is 18.8. The van der Waals surface area contributed by atoms with Gasteiger partial charge in [0, 0.05) is 18.9 Å². The number of nitrogens with zero attached hydrogens (tertiary/aromatic N) is 1. The maximum Gasteiger partial charge on any atom is 0.261 e. The van der Waals surface area contributed by atoms with Crippen LogP contribution in [0.15, 0.2) is 78.9 Å². The van der Waals surface area contributed by atoms with Crippen molar-refractivity contribution < 1.29 is 33.3 Å². The number of carbonyl (C=O) groups is 3. The lowest BCUT2D eigenvalue weighted by Crippen LogP contribution is -2.61. The fourth-order valence-electron chi connectivity index (χ4n) is 7.04. The SMILES string of the molecule is COc1ccc(COCCCCCCCCCC[C@@H]2OC[C@@H](CC(C)=O)[C@H](OCc3ccccc3)[C@H]2N2C(=O)c3ccccc3C2=O)cc1. The summed E-state index contributed by atoms with van der Waals surface area (Å²) in [6.07, 6.45) is 8.95. The molecule has 8 nitrogen and oxygen atoms in total. The molecule has 2 aliphatic rings. The van der Waals surface area contributed by atoms with Gasteiger partial charge in [-0.3, -0.25) is 14.5 Å². The van der Waals surface area contributed by atoms with E-state index >= 15 is 0 Å². The lowest BCUT2D eigenvalue weighted by Gasteiger charge is -2.45. The van der Waals surface area contributed by atoms with E-state index < -0.39 is 12.1 Å². The van der Waals surface area contributed by atoms with E-state index in [1.165, 1.54) is 24.2 Å². The third-order valence-electron chi connectivity index (χ3n) is 9.62. The van der Waals surface area contributed by atoms with E-state index in [2.05, 4.69) is 0 Å². The van der Waals surface area contributed by atoms with Gasteiger partial charge in [0.1, 0.15) is 11.5 Å². The number of Topliss-reactive ketones (excluding diaryl/α,β-unsaturated/α-hetero) is 1. The van der Waals surface area contributed by atoms with Crippen molar-refractivity contribution in [2.75, 3.05) is 20.3 Å². The highest BCUT2D eigenvalue weighted by molar-refractivity contribution is 6.21. The Balaban J connectivity index is 1.11. The van der Waals surface area contributed by atoms with Crippen LogP contribution < -0.4 is 4.74 Å². The number of imide groups is 1. The highest BCUT2D eigenvalue weighted by Gasteiger charge is 2.51. The van der Waals surface area contributed by atoms with E-state index in [0.29, 0.717) is 37.4 Å². The first-order valence-corrected chi connectivity index (χ1v) is 17.9. The van der Waals surface area contributed by atoms with Crippen molar-refractivity contribution in [1.29, 1.82) is 0 Å². The summed E-state index contributed by atoms with van der Waals surface area (Å²) in [4.78, 5) is 41.2. The van der Waals surface area contributed by atoms with Gasteiger partial charge in [-0.15, -0.1) is 0 Å². The molecule has 2 heterocycles. The molecule has 5 rings (SSSR count). The van der Waals surface area contributed by atoms with E-state index in [0.717, 1.165) is 55.6 Å². The third kappa shape index (κ3) is 10.1. The van der Waals surface area contributed by atoms with Crippen LogP contribution in [0, 0.1) is 5.92 Å². The highest BCUT2D eigenvalue weighted by atomic mass is 16.5. The third-order valence-corrected chi connectivity index (χ3v) is 9.62. The smallest absolute Gasteiger partial charge is 0.261 e. The van der Waals surface area contributed by atoms with Gasteiger partial charge < -0.3 is 23.7 Å². The van der Waals surface area contributed by atoms with Crippen molar-refractivity contribution in [3.8, 4) is 5.75 Å². The second-order valence-corrected chi connectivity index (χ2v) is 13.3. The molecule has 0 bridgehead atoms. The molecule has 4 atom stereocenters. The highest BCUT2D eigenvalue weighted by Crippen LogP contribution is 2.37. The molecule has 0 N–H and O–H groups in total. The maximum absolute atomic E-state index is 13.8. The molecule has 1 saturated heterocycles. The van der Waals surface area contributed by atoms with Gasteiger partial charge in [-0.2, -0.15) is 0 Å². The fourth-order valence-corrected chi connectivity index (χ4v) is 7.04. The van der Waals surface area contributed by atoms with E-state index in [1.54, 1.807) is 38.3 Å². The Bertz CT molecular complexity index is 1460. The van der Waals surface area contributed by atoms with E-state index in [4.69, 9.17) is 18.9 Å². The number of carbonyl (C=O) groups excluding carboxylic acids is 3.